The molecule has 0 amide bonds. The molecule has 1 heterocycles. The van der Waals surface area contributed by atoms with Crippen LogP contribution in [0.15, 0.2) is 30.5 Å². The van der Waals surface area contributed by atoms with Gasteiger partial charge in [0.05, 0.1) is 17.6 Å². The van der Waals surface area contributed by atoms with Gasteiger partial charge in [-0.05, 0) is 31.0 Å². The van der Waals surface area contributed by atoms with Crippen LogP contribution in [0.2, 0.25) is 0 Å². The van der Waals surface area contributed by atoms with Gasteiger partial charge >= 0.3 is 11.7 Å². The molecule has 1 aromatic carbocycles. The molecular formula is C15H14N2O5. The first-order chi connectivity index (χ1) is 10.4. The molecule has 114 valence electrons. The van der Waals surface area contributed by atoms with Crippen LogP contribution in [0.25, 0.3) is 0 Å². The fourth-order valence-electron chi connectivity index (χ4n) is 1.80. The third kappa shape index (κ3) is 3.20. The predicted octanol–water partition coefficient (Wildman–Crippen LogP) is 3.19. The number of rotatable bonds is 4. The van der Waals surface area contributed by atoms with E-state index in [4.69, 9.17) is 4.74 Å². The number of carbonyl (C=O) groups is 1. The zero-order chi connectivity index (χ0) is 16.3. The van der Waals surface area contributed by atoms with E-state index in [9.17, 15) is 14.9 Å². The second-order valence-corrected chi connectivity index (χ2v) is 4.67. The zero-order valence-electron chi connectivity index (χ0n) is 12.3. The molecule has 0 spiro atoms. The van der Waals surface area contributed by atoms with Gasteiger partial charge in [0, 0.05) is 12.3 Å². The Morgan fingerprint density at radius 2 is 2.00 bits per heavy atom. The normalized spacial score (nSPS) is 10.1. The Morgan fingerprint density at radius 3 is 2.64 bits per heavy atom. The third-order valence-electron chi connectivity index (χ3n) is 3.00. The third-order valence-corrected chi connectivity index (χ3v) is 3.00. The number of esters is 1. The van der Waals surface area contributed by atoms with Gasteiger partial charge in [-0.3, -0.25) is 10.1 Å². The molecule has 0 aliphatic heterocycles. The average molecular weight is 302 g/mol. The molecule has 0 aliphatic rings. The van der Waals surface area contributed by atoms with Crippen molar-refractivity contribution in [3.8, 4) is 11.6 Å². The van der Waals surface area contributed by atoms with Crippen molar-refractivity contribution < 1.29 is 19.2 Å². The van der Waals surface area contributed by atoms with E-state index in [1.165, 1.54) is 13.3 Å². The van der Waals surface area contributed by atoms with Crippen LogP contribution < -0.4 is 4.74 Å². The molecular weight excluding hydrogens is 288 g/mol. The summed E-state index contributed by atoms with van der Waals surface area (Å²) in [5.41, 5.74) is 1.36. The van der Waals surface area contributed by atoms with E-state index in [-0.39, 0.29) is 11.4 Å². The van der Waals surface area contributed by atoms with Gasteiger partial charge in [-0.2, -0.15) is 0 Å². The molecule has 0 fully saturated rings. The quantitative estimate of drug-likeness (QED) is 0.489. The standard InChI is InChI=1S/C15H14N2O5/c1-9-4-5-10(2)13(6-9)22-14-12(17(19)20)7-11(8-16-14)15(18)21-3/h4-8H,1-3H3. The second kappa shape index (κ2) is 6.21. The molecule has 2 aromatic rings. The van der Waals surface area contributed by atoms with Crippen LogP contribution in [-0.2, 0) is 4.74 Å². The van der Waals surface area contributed by atoms with E-state index >= 15 is 0 Å². The second-order valence-electron chi connectivity index (χ2n) is 4.67. The van der Waals surface area contributed by atoms with Crippen LogP contribution in [0, 0.1) is 24.0 Å². The fraction of sp³-hybridized carbons (Fsp3) is 0.200. The Labute approximate surface area is 126 Å². The Balaban J connectivity index is 2.44. The minimum Gasteiger partial charge on any atom is -0.465 e. The Bertz CT molecular complexity index is 743. The lowest BCUT2D eigenvalue weighted by atomic mass is 10.1. The number of nitro groups is 1. The summed E-state index contributed by atoms with van der Waals surface area (Å²) in [4.78, 5) is 25.8. The van der Waals surface area contributed by atoms with Crippen molar-refractivity contribution in [1.82, 2.24) is 4.98 Å². The summed E-state index contributed by atoms with van der Waals surface area (Å²) in [5.74, 6) is -0.401. The number of aromatic nitrogens is 1. The van der Waals surface area contributed by atoms with Gasteiger partial charge in [0.2, 0.25) is 0 Å². The molecule has 0 unspecified atom stereocenters. The number of nitrogens with zero attached hydrogens (tertiary/aromatic N) is 2. The number of ether oxygens (including phenoxy) is 2. The van der Waals surface area contributed by atoms with E-state index < -0.39 is 16.6 Å². The number of hydrogen-bond acceptors (Lipinski definition) is 6. The first-order valence-electron chi connectivity index (χ1n) is 6.40. The summed E-state index contributed by atoms with van der Waals surface area (Å²) in [6.45, 7) is 3.71. The Hall–Kier alpha value is -2.96. The Morgan fingerprint density at radius 1 is 1.27 bits per heavy atom. The first kappa shape index (κ1) is 15.4. The molecule has 0 bridgehead atoms. The molecule has 0 saturated heterocycles. The average Bonchev–Trinajstić information content (AvgIpc) is 2.50. The highest BCUT2D eigenvalue weighted by Crippen LogP contribution is 2.32. The van der Waals surface area contributed by atoms with Crippen molar-refractivity contribution in [2.24, 2.45) is 0 Å². The molecule has 0 atom stereocenters. The monoisotopic (exact) mass is 302 g/mol. The molecule has 0 aliphatic carbocycles. The van der Waals surface area contributed by atoms with Crippen LogP contribution in [-0.4, -0.2) is 23.0 Å². The number of pyridine rings is 1. The summed E-state index contributed by atoms with van der Waals surface area (Å²) >= 11 is 0. The van der Waals surface area contributed by atoms with Crippen LogP contribution in [0.4, 0.5) is 5.69 Å². The first-order valence-corrected chi connectivity index (χ1v) is 6.40. The summed E-state index contributed by atoms with van der Waals surface area (Å²) in [6.07, 6.45) is 1.18. The largest absolute Gasteiger partial charge is 0.465 e. The lowest BCUT2D eigenvalue weighted by Gasteiger charge is -2.09. The van der Waals surface area contributed by atoms with Crippen molar-refractivity contribution in [3.05, 3.63) is 57.3 Å². The molecule has 7 heteroatoms. The SMILES string of the molecule is COC(=O)c1cnc(Oc2cc(C)ccc2C)c([N+](=O)[O-])c1. The molecule has 7 nitrogen and oxygen atoms in total. The van der Waals surface area contributed by atoms with E-state index in [2.05, 4.69) is 9.72 Å². The van der Waals surface area contributed by atoms with Crippen molar-refractivity contribution >= 4 is 11.7 Å². The molecule has 0 radical (unpaired) electrons. The highest BCUT2D eigenvalue weighted by molar-refractivity contribution is 5.89. The van der Waals surface area contributed by atoms with E-state index in [1.807, 2.05) is 26.0 Å². The molecule has 2 rings (SSSR count). The lowest BCUT2D eigenvalue weighted by Crippen LogP contribution is -2.05. The number of methoxy groups -OCH3 is 1. The topological polar surface area (TPSA) is 91.6 Å². The molecule has 1 aromatic heterocycles. The molecule has 0 saturated carbocycles. The maximum Gasteiger partial charge on any atom is 0.339 e. The lowest BCUT2D eigenvalue weighted by molar-refractivity contribution is -0.386. The van der Waals surface area contributed by atoms with Crippen molar-refractivity contribution in [3.63, 3.8) is 0 Å². The number of carbonyl (C=O) groups excluding carboxylic acids is 1. The summed E-state index contributed by atoms with van der Waals surface area (Å²) < 4.78 is 10.1. The fourth-order valence-corrected chi connectivity index (χ4v) is 1.80. The van der Waals surface area contributed by atoms with Gasteiger partial charge in [-0.1, -0.05) is 12.1 Å². The Kier molecular flexibility index (Phi) is 4.36. The van der Waals surface area contributed by atoms with Crippen molar-refractivity contribution in [2.45, 2.75) is 13.8 Å². The molecule has 22 heavy (non-hydrogen) atoms. The van der Waals surface area contributed by atoms with Gasteiger partial charge < -0.3 is 9.47 Å². The van der Waals surface area contributed by atoms with Crippen LogP contribution in [0.5, 0.6) is 11.6 Å². The number of hydrogen-bond donors (Lipinski definition) is 0. The summed E-state index contributed by atoms with van der Waals surface area (Å²) in [7, 11) is 1.19. The van der Waals surface area contributed by atoms with Gasteiger partial charge in [0.15, 0.2) is 0 Å². The van der Waals surface area contributed by atoms with Crippen molar-refractivity contribution in [2.75, 3.05) is 7.11 Å². The number of benzene rings is 1. The van der Waals surface area contributed by atoms with Crippen molar-refractivity contribution in [1.29, 1.82) is 0 Å². The highest BCUT2D eigenvalue weighted by Gasteiger charge is 2.22. The van der Waals surface area contributed by atoms with E-state index in [0.29, 0.717) is 5.75 Å². The smallest absolute Gasteiger partial charge is 0.339 e. The zero-order valence-corrected chi connectivity index (χ0v) is 12.3. The minimum atomic E-state index is -0.700. The maximum absolute atomic E-state index is 11.4. The highest BCUT2D eigenvalue weighted by atomic mass is 16.6. The van der Waals surface area contributed by atoms with Gasteiger partial charge in [-0.25, -0.2) is 9.78 Å². The van der Waals surface area contributed by atoms with Crippen LogP contribution >= 0.6 is 0 Å². The van der Waals surface area contributed by atoms with Gasteiger partial charge in [0.25, 0.3) is 5.88 Å². The molecule has 0 N–H and O–H groups in total. The van der Waals surface area contributed by atoms with Crippen LogP contribution in [0.3, 0.4) is 0 Å². The van der Waals surface area contributed by atoms with E-state index in [0.717, 1.165) is 17.2 Å². The minimum absolute atomic E-state index is 0.0116. The summed E-state index contributed by atoms with van der Waals surface area (Å²) in [5, 5.41) is 11.2. The number of aryl methyl sites for hydroxylation is 2. The van der Waals surface area contributed by atoms with Gasteiger partial charge in [0.1, 0.15) is 5.75 Å². The van der Waals surface area contributed by atoms with Crippen LogP contribution in [0.1, 0.15) is 21.5 Å². The summed E-state index contributed by atoms with van der Waals surface area (Å²) in [6, 6.07) is 6.60. The maximum atomic E-state index is 11.4. The van der Waals surface area contributed by atoms with Gasteiger partial charge in [-0.15, -0.1) is 0 Å². The predicted molar refractivity (Wildman–Crippen MR) is 78.2 cm³/mol. The van der Waals surface area contributed by atoms with E-state index in [1.54, 1.807) is 6.07 Å².